The number of rotatable bonds is 4. The fourth-order valence-corrected chi connectivity index (χ4v) is 2.21. The van der Waals surface area contributed by atoms with Crippen LogP contribution < -0.4 is 0 Å². The van der Waals surface area contributed by atoms with Crippen LogP contribution in [0.1, 0.15) is 16.1 Å². The lowest BCUT2D eigenvalue weighted by Crippen LogP contribution is -2.16. The number of hydrogen-bond donors (Lipinski definition) is 1. The lowest BCUT2D eigenvalue weighted by atomic mass is 10.2. The zero-order valence-electron chi connectivity index (χ0n) is 6.57. The Hall–Kier alpha value is -0.680. The summed E-state index contributed by atoms with van der Waals surface area (Å²) in [6, 6.07) is 3.45. The van der Waals surface area contributed by atoms with Crippen LogP contribution in [0.5, 0.6) is 0 Å². The number of hydrogen-bond acceptors (Lipinski definition) is 3. The van der Waals surface area contributed by atoms with E-state index in [0.717, 1.165) is 0 Å². The fraction of sp³-hybridized carbons (Fsp3) is 0.250. The molecule has 3 nitrogen and oxygen atoms in total. The van der Waals surface area contributed by atoms with Crippen LogP contribution in [0.25, 0.3) is 0 Å². The van der Waals surface area contributed by atoms with E-state index in [1.54, 1.807) is 17.5 Å². The summed E-state index contributed by atoms with van der Waals surface area (Å²) >= 11 is 4.36. The molecule has 5 heteroatoms. The van der Waals surface area contributed by atoms with Gasteiger partial charge in [0.15, 0.2) is 5.78 Å². The molecule has 0 spiro atoms. The second kappa shape index (κ2) is 4.53. The van der Waals surface area contributed by atoms with Crippen molar-refractivity contribution in [1.29, 1.82) is 0 Å². The second-order valence-electron chi connectivity index (χ2n) is 2.41. The molecule has 0 saturated carbocycles. The number of carboxylic acids is 1. The van der Waals surface area contributed by atoms with Crippen LogP contribution in [-0.4, -0.2) is 21.7 Å². The van der Waals surface area contributed by atoms with Gasteiger partial charge in [-0.15, -0.1) is 11.3 Å². The summed E-state index contributed by atoms with van der Waals surface area (Å²) in [5.41, 5.74) is 0. The number of aliphatic carboxylic acids is 1. The van der Waals surface area contributed by atoms with Crippen LogP contribution in [-0.2, 0) is 4.79 Å². The minimum Gasteiger partial charge on any atom is -0.481 e. The molecule has 0 aliphatic heterocycles. The van der Waals surface area contributed by atoms with Crippen molar-refractivity contribution in [3.05, 3.63) is 22.4 Å². The number of carbonyl (C=O) groups is 2. The van der Waals surface area contributed by atoms with Crippen LogP contribution >= 0.6 is 27.3 Å². The lowest BCUT2D eigenvalue weighted by molar-refractivity contribution is -0.136. The van der Waals surface area contributed by atoms with Crippen LogP contribution in [0.2, 0.25) is 0 Å². The summed E-state index contributed by atoms with van der Waals surface area (Å²) < 4.78 is 0. The van der Waals surface area contributed by atoms with Crippen LogP contribution in [0.15, 0.2) is 17.5 Å². The largest absolute Gasteiger partial charge is 0.481 e. The normalized spacial score (nSPS) is 12.4. The van der Waals surface area contributed by atoms with E-state index in [1.807, 2.05) is 0 Å². The third-order valence-electron chi connectivity index (χ3n) is 1.40. The van der Waals surface area contributed by atoms with Crippen molar-refractivity contribution in [3.63, 3.8) is 0 Å². The molecule has 0 aliphatic rings. The smallest absolute Gasteiger partial charge is 0.304 e. The van der Waals surface area contributed by atoms with Crippen LogP contribution in [0, 0.1) is 0 Å². The van der Waals surface area contributed by atoms with Gasteiger partial charge in [-0.05, 0) is 11.4 Å². The molecule has 1 rings (SSSR count). The first kappa shape index (κ1) is 10.4. The number of ketones is 1. The predicted molar refractivity (Wildman–Crippen MR) is 53.6 cm³/mol. The molecule has 0 saturated heterocycles. The van der Waals surface area contributed by atoms with Gasteiger partial charge in [-0.1, -0.05) is 22.0 Å². The molecule has 0 bridgehead atoms. The Morgan fingerprint density at radius 1 is 1.62 bits per heavy atom. The van der Waals surface area contributed by atoms with Gasteiger partial charge in [-0.3, -0.25) is 9.59 Å². The average molecular weight is 263 g/mol. The molecular formula is C8H7BrO3S. The van der Waals surface area contributed by atoms with Crippen molar-refractivity contribution in [2.24, 2.45) is 0 Å². The molecule has 0 fully saturated rings. The number of thiophene rings is 1. The molecular weight excluding hydrogens is 256 g/mol. The molecule has 0 aromatic carbocycles. The Bertz CT molecular complexity index is 307. The summed E-state index contributed by atoms with van der Waals surface area (Å²) in [6.07, 6.45) is -0.184. The van der Waals surface area contributed by atoms with E-state index >= 15 is 0 Å². The zero-order valence-corrected chi connectivity index (χ0v) is 8.97. The van der Waals surface area contributed by atoms with Gasteiger partial charge in [0, 0.05) is 0 Å². The van der Waals surface area contributed by atoms with Gasteiger partial charge in [-0.2, -0.15) is 0 Å². The van der Waals surface area contributed by atoms with Crippen molar-refractivity contribution in [3.8, 4) is 0 Å². The van der Waals surface area contributed by atoms with E-state index in [4.69, 9.17) is 5.11 Å². The first-order valence-electron chi connectivity index (χ1n) is 3.55. The SMILES string of the molecule is O=C(O)C[C@@H](Br)C(=O)c1cccs1. The molecule has 1 N–H and O–H groups in total. The standard InChI is InChI=1S/C8H7BrO3S/c9-5(4-7(10)11)8(12)6-2-1-3-13-6/h1-3,5H,4H2,(H,10,11)/t5-/m1/s1. The van der Waals surface area contributed by atoms with E-state index in [1.165, 1.54) is 11.3 Å². The maximum absolute atomic E-state index is 11.4. The van der Waals surface area contributed by atoms with Gasteiger partial charge in [0.05, 0.1) is 16.1 Å². The first-order chi connectivity index (χ1) is 6.11. The van der Waals surface area contributed by atoms with E-state index in [9.17, 15) is 9.59 Å². The summed E-state index contributed by atoms with van der Waals surface area (Å²) in [5.74, 6) is -1.15. The minimum atomic E-state index is -0.980. The van der Waals surface area contributed by atoms with E-state index in [2.05, 4.69) is 15.9 Å². The van der Waals surface area contributed by atoms with Gasteiger partial charge < -0.3 is 5.11 Å². The highest BCUT2D eigenvalue weighted by Gasteiger charge is 2.20. The summed E-state index contributed by atoms with van der Waals surface area (Å²) in [7, 11) is 0. The second-order valence-corrected chi connectivity index (χ2v) is 4.46. The van der Waals surface area contributed by atoms with E-state index < -0.39 is 10.8 Å². The van der Waals surface area contributed by atoms with Gasteiger partial charge in [0.2, 0.25) is 0 Å². The molecule has 0 amide bonds. The maximum Gasteiger partial charge on any atom is 0.304 e. The topological polar surface area (TPSA) is 54.4 Å². The van der Waals surface area contributed by atoms with Crippen LogP contribution in [0.3, 0.4) is 0 Å². The van der Waals surface area contributed by atoms with Gasteiger partial charge in [0.1, 0.15) is 0 Å². The minimum absolute atomic E-state index is 0.169. The molecule has 1 aromatic heterocycles. The third-order valence-corrected chi connectivity index (χ3v) is 3.03. The van der Waals surface area contributed by atoms with Crippen molar-refractivity contribution in [1.82, 2.24) is 0 Å². The number of alkyl halides is 1. The maximum atomic E-state index is 11.4. The van der Waals surface area contributed by atoms with E-state index in [0.29, 0.717) is 4.88 Å². The first-order valence-corrected chi connectivity index (χ1v) is 5.34. The van der Waals surface area contributed by atoms with E-state index in [-0.39, 0.29) is 12.2 Å². The number of carbonyl (C=O) groups excluding carboxylic acids is 1. The summed E-state index contributed by atoms with van der Waals surface area (Å²) in [5, 5.41) is 10.2. The molecule has 0 unspecified atom stereocenters. The molecule has 13 heavy (non-hydrogen) atoms. The van der Waals surface area contributed by atoms with Gasteiger partial charge in [-0.25, -0.2) is 0 Å². The van der Waals surface area contributed by atoms with Crippen molar-refractivity contribution >= 4 is 39.0 Å². The quantitative estimate of drug-likeness (QED) is 0.669. The third kappa shape index (κ3) is 2.93. The number of carboxylic acid groups (broad SMARTS) is 1. The molecule has 70 valence electrons. The molecule has 1 aromatic rings. The summed E-state index contributed by atoms with van der Waals surface area (Å²) in [4.78, 5) is 21.7. The fourth-order valence-electron chi connectivity index (χ4n) is 0.819. The highest BCUT2D eigenvalue weighted by atomic mass is 79.9. The molecule has 0 radical (unpaired) electrons. The Morgan fingerprint density at radius 3 is 2.77 bits per heavy atom. The van der Waals surface area contributed by atoms with Crippen molar-refractivity contribution in [2.75, 3.05) is 0 Å². The lowest BCUT2D eigenvalue weighted by Gasteiger charge is -2.02. The molecule has 1 atom stereocenters. The van der Waals surface area contributed by atoms with Crippen molar-refractivity contribution < 1.29 is 14.7 Å². The highest BCUT2D eigenvalue weighted by Crippen LogP contribution is 2.17. The Labute approximate surface area is 87.5 Å². The highest BCUT2D eigenvalue weighted by molar-refractivity contribution is 9.10. The van der Waals surface area contributed by atoms with Gasteiger partial charge in [0.25, 0.3) is 0 Å². The number of halogens is 1. The number of Topliss-reactive ketones (excluding diaryl/α,β-unsaturated/α-hetero) is 1. The Balaban J connectivity index is 2.63. The zero-order chi connectivity index (χ0) is 9.84. The van der Waals surface area contributed by atoms with Crippen LogP contribution in [0.4, 0.5) is 0 Å². The average Bonchev–Trinajstić information content (AvgIpc) is 2.53. The Morgan fingerprint density at radius 2 is 2.31 bits per heavy atom. The predicted octanol–water partition coefficient (Wildman–Crippen LogP) is 2.17. The molecule has 1 heterocycles. The summed E-state index contributed by atoms with van der Waals surface area (Å²) in [6.45, 7) is 0. The molecule has 0 aliphatic carbocycles. The van der Waals surface area contributed by atoms with Gasteiger partial charge >= 0.3 is 5.97 Å². The monoisotopic (exact) mass is 262 g/mol. The van der Waals surface area contributed by atoms with Crippen molar-refractivity contribution in [2.45, 2.75) is 11.2 Å². The Kier molecular flexibility index (Phi) is 3.62.